The number of allylic oxidation sites excluding steroid dienone is 1. The fraction of sp³-hybridized carbons (Fsp3) is 0.348. The molecule has 2 heterocycles. The molecule has 8 heteroatoms. The average Bonchev–Trinajstić information content (AvgIpc) is 2.81. The highest BCUT2D eigenvalue weighted by Gasteiger charge is 2.24. The number of hydrogen-bond donors (Lipinski definition) is 3. The maximum atomic E-state index is 9.97. The van der Waals surface area contributed by atoms with E-state index in [-0.39, 0.29) is 6.61 Å². The van der Waals surface area contributed by atoms with Crippen LogP contribution in [0.25, 0.3) is 11.0 Å². The van der Waals surface area contributed by atoms with Gasteiger partial charge in [-0.1, -0.05) is 6.08 Å². The van der Waals surface area contributed by atoms with Crippen molar-refractivity contribution < 1.29 is 14.6 Å². The summed E-state index contributed by atoms with van der Waals surface area (Å²) in [5.74, 6) is 2.45. The number of methoxy groups -OCH3 is 2. The third-order valence-corrected chi connectivity index (χ3v) is 5.06. The van der Waals surface area contributed by atoms with Gasteiger partial charge in [0.2, 0.25) is 5.95 Å². The Balaban J connectivity index is 1.89. The number of aromatic nitrogens is 3. The van der Waals surface area contributed by atoms with Gasteiger partial charge in [-0.3, -0.25) is 4.98 Å². The van der Waals surface area contributed by atoms with Crippen molar-refractivity contribution in [2.75, 3.05) is 31.5 Å². The molecule has 0 amide bonds. The number of pyridine rings is 1. The van der Waals surface area contributed by atoms with E-state index in [1.54, 1.807) is 20.4 Å². The van der Waals surface area contributed by atoms with E-state index in [9.17, 15) is 5.11 Å². The van der Waals surface area contributed by atoms with Crippen LogP contribution in [0.15, 0.2) is 49.2 Å². The molecule has 0 spiro atoms. The summed E-state index contributed by atoms with van der Waals surface area (Å²) in [4.78, 5) is 13.7. The molecule has 0 saturated heterocycles. The molecule has 0 bridgehead atoms. The van der Waals surface area contributed by atoms with Crippen molar-refractivity contribution in [1.82, 2.24) is 15.0 Å². The standard InChI is InChI=1S/C23H29N5O3/c1-5-6-11-23(2,15-29)28-21-20-18(8-7-12-24-20)26-22(27-21)25-14-16-9-10-17(30-3)13-19(16)31-4/h5,7-10,12-13,29H,1,6,11,14-15H2,2-4H3,(H2,25,26,27,28)/t23-/m1/s1. The van der Waals surface area contributed by atoms with Gasteiger partial charge < -0.3 is 25.2 Å². The summed E-state index contributed by atoms with van der Waals surface area (Å²) < 4.78 is 10.7. The summed E-state index contributed by atoms with van der Waals surface area (Å²) >= 11 is 0. The predicted octanol–water partition coefficient (Wildman–Crippen LogP) is 3.78. The number of nitrogens with one attached hydrogen (secondary N) is 2. The minimum Gasteiger partial charge on any atom is -0.497 e. The largest absolute Gasteiger partial charge is 0.497 e. The first kappa shape index (κ1) is 22.3. The Bertz CT molecular complexity index is 1040. The molecule has 0 saturated carbocycles. The summed E-state index contributed by atoms with van der Waals surface area (Å²) in [6.45, 7) is 6.13. The van der Waals surface area contributed by atoms with Crippen LogP contribution < -0.4 is 20.1 Å². The molecule has 3 N–H and O–H groups in total. The van der Waals surface area contributed by atoms with Gasteiger partial charge in [-0.2, -0.15) is 4.98 Å². The molecule has 0 fully saturated rings. The molecule has 0 aliphatic rings. The highest BCUT2D eigenvalue weighted by molar-refractivity contribution is 5.86. The zero-order chi connectivity index (χ0) is 22.3. The molecule has 8 nitrogen and oxygen atoms in total. The fourth-order valence-corrected chi connectivity index (χ4v) is 3.19. The molecule has 2 aromatic heterocycles. The number of fused-ring (bicyclic) bond motifs is 1. The Kier molecular flexibility index (Phi) is 7.25. The summed E-state index contributed by atoms with van der Waals surface area (Å²) in [6.07, 6.45) is 5.01. The lowest BCUT2D eigenvalue weighted by Crippen LogP contribution is -2.39. The maximum Gasteiger partial charge on any atom is 0.225 e. The third kappa shape index (κ3) is 5.40. The number of aliphatic hydroxyl groups excluding tert-OH is 1. The number of hydrogen-bond acceptors (Lipinski definition) is 8. The first-order chi connectivity index (χ1) is 15.0. The molecule has 0 aliphatic carbocycles. The molecule has 3 rings (SSSR count). The monoisotopic (exact) mass is 423 g/mol. The van der Waals surface area contributed by atoms with Crippen LogP contribution in [-0.4, -0.2) is 46.4 Å². The normalized spacial score (nSPS) is 12.8. The highest BCUT2D eigenvalue weighted by atomic mass is 16.5. The van der Waals surface area contributed by atoms with Crippen LogP contribution in [0.1, 0.15) is 25.3 Å². The zero-order valence-corrected chi connectivity index (χ0v) is 18.2. The van der Waals surface area contributed by atoms with E-state index >= 15 is 0 Å². The van der Waals surface area contributed by atoms with Gasteiger partial charge >= 0.3 is 0 Å². The number of benzene rings is 1. The number of aliphatic hydroxyl groups is 1. The van der Waals surface area contributed by atoms with E-state index in [0.29, 0.717) is 41.5 Å². The molecule has 1 aromatic carbocycles. The number of anilines is 2. The first-order valence-electron chi connectivity index (χ1n) is 10.1. The van der Waals surface area contributed by atoms with Gasteiger partial charge in [-0.05, 0) is 44.0 Å². The van der Waals surface area contributed by atoms with E-state index in [2.05, 4.69) is 32.2 Å². The number of rotatable bonds is 11. The average molecular weight is 424 g/mol. The molecule has 0 aliphatic heterocycles. The van der Waals surface area contributed by atoms with Gasteiger partial charge in [0.25, 0.3) is 0 Å². The van der Waals surface area contributed by atoms with Gasteiger partial charge in [0.15, 0.2) is 5.82 Å². The van der Waals surface area contributed by atoms with Crippen molar-refractivity contribution in [1.29, 1.82) is 0 Å². The Hall–Kier alpha value is -3.39. The van der Waals surface area contributed by atoms with E-state index in [1.807, 2.05) is 43.3 Å². The van der Waals surface area contributed by atoms with E-state index in [0.717, 1.165) is 17.7 Å². The van der Waals surface area contributed by atoms with Crippen molar-refractivity contribution >= 4 is 22.8 Å². The topological polar surface area (TPSA) is 101 Å². The second-order valence-corrected chi connectivity index (χ2v) is 7.47. The molecule has 0 radical (unpaired) electrons. The van der Waals surface area contributed by atoms with Crippen LogP contribution in [0.3, 0.4) is 0 Å². The summed E-state index contributed by atoms with van der Waals surface area (Å²) in [5, 5.41) is 16.6. The highest BCUT2D eigenvalue weighted by Crippen LogP contribution is 2.27. The Morgan fingerprint density at radius 2 is 2.03 bits per heavy atom. The lowest BCUT2D eigenvalue weighted by molar-refractivity contribution is 0.215. The Morgan fingerprint density at radius 1 is 1.19 bits per heavy atom. The van der Waals surface area contributed by atoms with Crippen LogP contribution >= 0.6 is 0 Å². The van der Waals surface area contributed by atoms with Gasteiger partial charge in [-0.25, -0.2) is 4.98 Å². The number of nitrogens with zero attached hydrogens (tertiary/aromatic N) is 3. The third-order valence-electron chi connectivity index (χ3n) is 5.06. The van der Waals surface area contributed by atoms with Gasteiger partial charge in [-0.15, -0.1) is 6.58 Å². The maximum absolute atomic E-state index is 9.97. The molecule has 164 valence electrons. The molecule has 3 aromatic rings. The van der Waals surface area contributed by atoms with Crippen molar-refractivity contribution in [3.63, 3.8) is 0 Å². The minimum atomic E-state index is -0.566. The zero-order valence-electron chi connectivity index (χ0n) is 18.2. The van der Waals surface area contributed by atoms with Gasteiger partial charge in [0.1, 0.15) is 17.0 Å². The van der Waals surface area contributed by atoms with Crippen molar-refractivity contribution in [2.24, 2.45) is 0 Å². The summed E-state index contributed by atoms with van der Waals surface area (Å²) in [6, 6.07) is 9.36. The van der Waals surface area contributed by atoms with E-state index in [1.165, 1.54) is 0 Å². The predicted molar refractivity (Wildman–Crippen MR) is 123 cm³/mol. The van der Waals surface area contributed by atoms with Gasteiger partial charge in [0.05, 0.1) is 31.9 Å². The molecule has 0 unspecified atom stereocenters. The molecule has 31 heavy (non-hydrogen) atoms. The van der Waals surface area contributed by atoms with Crippen LogP contribution in [-0.2, 0) is 6.54 Å². The first-order valence-corrected chi connectivity index (χ1v) is 10.1. The number of ether oxygens (including phenoxy) is 2. The van der Waals surface area contributed by atoms with E-state index in [4.69, 9.17) is 9.47 Å². The fourth-order valence-electron chi connectivity index (χ4n) is 3.19. The minimum absolute atomic E-state index is 0.0506. The van der Waals surface area contributed by atoms with Crippen LogP contribution in [0.5, 0.6) is 11.5 Å². The molecular formula is C23H29N5O3. The summed E-state index contributed by atoms with van der Waals surface area (Å²) in [7, 11) is 3.24. The lowest BCUT2D eigenvalue weighted by atomic mass is 9.96. The SMILES string of the molecule is C=CCC[C@](C)(CO)Nc1nc(NCc2ccc(OC)cc2OC)nc2cccnc12. The van der Waals surface area contributed by atoms with Gasteiger partial charge in [0, 0.05) is 24.4 Å². The Morgan fingerprint density at radius 3 is 2.74 bits per heavy atom. The lowest BCUT2D eigenvalue weighted by Gasteiger charge is -2.29. The van der Waals surface area contributed by atoms with E-state index < -0.39 is 5.54 Å². The van der Waals surface area contributed by atoms with Crippen LogP contribution in [0.2, 0.25) is 0 Å². The second-order valence-electron chi connectivity index (χ2n) is 7.47. The Labute approximate surface area is 182 Å². The van der Waals surface area contributed by atoms with Crippen molar-refractivity contribution in [2.45, 2.75) is 31.8 Å². The molecule has 1 atom stereocenters. The smallest absolute Gasteiger partial charge is 0.225 e. The summed E-state index contributed by atoms with van der Waals surface area (Å²) in [5.41, 5.74) is 1.73. The molecular weight excluding hydrogens is 394 g/mol. The second kappa shape index (κ2) is 10.1. The van der Waals surface area contributed by atoms with Crippen molar-refractivity contribution in [3.05, 3.63) is 54.7 Å². The van der Waals surface area contributed by atoms with Crippen LogP contribution in [0, 0.1) is 0 Å². The van der Waals surface area contributed by atoms with Crippen LogP contribution in [0.4, 0.5) is 11.8 Å². The quantitative estimate of drug-likeness (QED) is 0.401. The van der Waals surface area contributed by atoms with Crippen molar-refractivity contribution in [3.8, 4) is 11.5 Å².